The number of carbonyl (C=O) groups is 1. The van der Waals surface area contributed by atoms with Gasteiger partial charge in [0.05, 0.1) is 0 Å². The zero-order valence-electron chi connectivity index (χ0n) is 17.5. The van der Waals surface area contributed by atoms with Crippen LogP contribution in [0.1, 0.15) is 20.1 Å². The molecule has 0 amide bonds. The second kappa shape index (κ2) is 9.79. The van der Waals surface area contributed by atoms with Crippen molar-refractivity contribution in [3.8, 4) is 11.5 Å². The summed E-state index contributed by atoms with van der Waals surface area (Å²) < 4.78 is 35.8. The van der Waals surface area contributed by atoms with E-state index in [4.69, 9.17) is 19.1 Å². The van der Waals surface area contributed by atoms with Gasteiger partial charge in [-0.2, -0.15) is 0 Å². The maximum atomic E-state index is 15.2. The number of rotatable bonds is 8. The number of carboxylic acids is 1. The van der Waals surface area contributed by atoms with Crippen molar-refractivity contribution in [2.24, 2.45) is 4.74 Å². The van der Waals surface area contributed by atoms with E-state index in [1.807, 2.05) is 4.98 Å². The number of ether oxygens (including phenoxy) is 2. The minimum atomic E-state index is -2.73. The Kier molecular flexibility index (Phi) is 7.28. The fourth-order valence-electron chi connectivity index (χ4n) is 3.08. The van der Waals surface area contributed by atoms with Crippen molar-refractivity contribution in [3.05, 3.63) is 57.4 Å². The summed E-state index contributed by atoms with van der Waals surface area (Å²) in [6, 6.07) is 5.72. The molecule has 0 bridgehead atoms. The van der Waals surface area contributed by atoms with Gasteiger partial charge in [-0.3, -0.25) is 18.9 Å². The Morgan fingerprint density at radius 3 is 2.70 bits per heavy atom. The Morgan fingerprint density at radius 2 is 2.06 bits per heavy atom. The SMILES string of the molecule is CC(N=[P+]([O-])Oc1ccccc1OC[C@H]1O[C@@H](n2ccc(=O)[nH]c2=O)[C@](C)(F)[C@@H]1O)C(=O)O. The Morgan fingerprint density at radius 1 is 1.39 bits per heavy atom. The molecule has 1 aliphatic heterocycles. The van der Waals surface area contributed by atoms with Crippen molar-refractivity contribution >= 4 is 14.1 Å². The number of aromatic amines is 1. The fourth-order valence-corrected chi connectivity index (χ4v) is 3.83. The maximum absolute atomic E-state index is 15.2. The number of aliphatic hydroxyl groups is 1. The van der Waals surface area contributed by atoms with Gasteiger partial charge in [0, 0.05) is 12.3 Å². The number of carboxylic acid groups (broad SMARTS) is 1. The number of nitrogens with one attached hydrogen (secondary N) is 1. The summed E-state index contributed by atoms with van der Waals surface area (Å²) in [5.74, 6) is -1.24. The molecule has 3 rings (SSSR count). The van der Waals surface area contributed by atoms with Gasteiger partial charge < -0.3 is 24.6 Å². The normalized spacial score (nSPS) is 26.1. The molecule has 1 saturated heterocycles. The number of alkyl halides is 1. The lowest BCUT2D eigenvalue weighted by Gasteiger charge is -2.24. The predicted molar refractivity (Wildman–Crippen MR) is 110 cm³/mol. The van der Waals surface area contributed by atoms with Crippen molar-refractivity contribution in [2.45, 2.75) is 44.0 Å². The molecule has 3 N–H and O–H groups in total. The number of halogens is 1. The van der Waals surface area contributed by atoms with E-state index in [-0.39, 0.29) is 18.1 Å². The molecule has 0 saturated carbocycles. The zero-order valence-corrected chi connectivity index (χ0v) is 18.3. The first-order valence-electron chi connectivity index (χ1n) is 9.65. The van der Waals surface area contributed by atoms with Crippen LogP contribution in [0, 0.1) is 0 Å². The quantitative estimate of drug-likeness (QED) is 0.444. The number of nitrogens with zero attached hydrogens (tertiary/aromatic N) is 2. The average Bonchev–Trinajstić information content (AvgIpc) is 2.96. The van der Waals surface area contributed by atoms with E-state index in [9.17, 15) is 24.4 Å². The van der Waals surface area contributed by atoms with Crippen molar-refractivity contribution in [2.75, 3.05) is 6.61 Å². The van der Waals surface area contributed by atoms with E-state index in [0.717, 1.165) is 23.8 Å². The molecule has 14 heteroatoms. The molecule has 1 fully saturated rings. The van der Waals surface area contributed by atoms with E-state index in [1.54, 1.807) is 12.1 Å². The van der Waals surface area contributed by atoms with Crippen LogP contribution in [0.15, 0.2) is 50.9 Å². The molecular formula is C19H21FN3O9P. The first-order chi connectivity index (χ1) is 15.5. The van der Waals surface area contributed by atoms with Gasteiger partial charge in [-0.1, -0.05) is 16.9 Å². The van der Waals surface area contributed by atoms with Crippen LogP contribution in [-0.2, 0) is 9.53 Å². The second-order valence-corrected chi connectivity index (χ2v) is 8.25. The molecule has 0 aliphatic carbocycles. The minimum absolute atomic E-state index is 0.0242. The zero-order chi connectivity index (χ0) is 24.3. The molecule has 0 spiro atoms. The van der Waals surface area contributed by atoms with Crippen molar-refractivity contribution in [1.29, 1.82) is 0 Å². The van der Waals surface area contributed by atoms with Crippen LogP contribution in [0.25, 0.3) is 0 Å². The highest BCUT2D eigenvalue weighted by Crippen LogP contribution is 2.41. The standard InChI is InChI=1S/C19H21FN3O9P/c1-10(16(26)27)22-33(29)32-12-6-4-3-5-11(12)30-9-13-15(25)19(2,20)17(31-13)23-8-7-14(24)21-18(23)28/h3-8,10,13,15,17,25H,9H2,1-2H3,(H,26,27)(H,21,24,28)/t10?,13-,15-,17-,19-/m1/s1. The number of hydrogen-bond donors (Lipinski definition) is 3. The summed E-state index contributed by atoms with van der Waals surface area (Å²) in [4.78, 5) is 48.1. The summed E-state index contributed by atoms with van der Waals surface area (Å²) in [7, 11) is -2.73. The molecule has 0 radical (unpaired) electrons. The summed E-state index contributed by atoms with van der Waals surface area (Å²) in [5, 5.41) is 19.3. The molecule has 33 heavy (non-hydrogen) atoms. The number of aliphatic carboxylic acids is 1. The van der Waals surface area contributed by atoms with Gasteiger partial charge in [0.1, 0.15) is 18.8 Å². The van der Waals surface area contributed by atoms with Crippen molar-refractivity contribution in [1.82, 2.24) is 9.55 Å². The van der Waals surface area contributed by atoms with Gasteiger partial charge in [0.25, 0.3) is 5.56 Å². The topological polar surface area (TPSA) is 175 Å². The molecule has 1 aromatic carbocycles. The summed E-state index contributed by atoms with van der Waals surface area (Å²) in [6.45, 7) is 1.90. The van der Waals surface area contributed by atoms with Gasteiger partial charge in [-0.05, 0) is 26.0 Å². The van der Waals surface area contributed by atoms with E-state index < -0.39 is 55.5 Å². The van der Waals surface area contributed by atoms with Crippen LogP contribution in [0.5, 0.6) is 11.5 Å². The number of hydrogen-bond acceptors (Lipinski definition) is 9. The van der Waals surface area contributed by atoms with Crippen LogP contribution in [0.3, 0.4) is 0 Å². The third-order valence-electron chi connectivity index (χ3n) is 4.87. The molecule has 12 nitrogen and oxygen atoms in total. The van der Waals surface area contributed by atoms with E-state index in [0.29, 0.717) is 0 Å². The van der Waals surface area contributed by atoms with Gasteiger partial charge in [-0.25, -0.2) is 14.0 Å². The fraction of sp³-hybridized carbons (Fsp3) is 0.421. The largest absolute Gasteiger partial charge is 0.575 e. The summed E-state index contributed by atoms with van der Waals surface area (Å²) in [5.41, 5.74) is -3.98. The van der Waals surface area contributed by atoms with Crippen LogP contribution in [-0.4, -0.2) is 56.3 Å². The van der Waals surface area contributed by atoms with Gasteiger partial charge in [-0.15, -0.1) is 0 Å². The minimum Gasteiger partial charge on any atom is -0.575 e. The first-order valence-corrected chi connectivity index (χ1v) is 10.8. The Balaban J connectivity index is 1.75. The van der Waals surface area contributed by atoms with E-state index in [2.05, 4.69) is 4.74 Å². The molecule has 2 aromatic rings. The van der Waals surface area contributed by atoms with E-state index in [1.165, 1.54) is 19.1 Å². The predicted octanol–water partition coefficient (Wildman–Crippen LogP) is 0.310. The van der Waals surface area contributed by atoms with Crippen LogP contribution in [0.4, 0.5) is 4.39 Å². The summed E-state index contributed by atoms with van der Waals surface area (Å²) >= 11 is 0. The lowest BCUT2D eigenvalue weighted by atomic mass is 9.98. The van der Waals surface area contributed by atoms with Crippen LogP contribution in [0.2, 0.25) is 0 Å². The van der Waals surface area contributed by atoms with Gasteiger partial charge in [0.2, 0.25) is 5.75 Å². The number of benzene rings is 1. The first kappa shape index (κ1) is 24.5. The monoisotopic (exact) mass is 485 g/mol. The van der Waals surface area contributed by atoms with Crippen LogP contribution >= 0.6 is 8.17 Å². The molecule has 6 atom stereocenters. The maximum Gasteiger partial charge on any atom is 0.395 e. The molecule has 1 aliphatic rings. The Labute approximate surface area is 186 Å². The highest BCUT2D eigenvalue weighted by Gasteiger charge is 2.55. The molecule has 178 valence electrons. The highest BCUT2D eigenvalue weighted by atomic mass is 31.1. The third-order valence-corrected chi connectivity index (χ3v) is 5.76. The Hall–Kier alpha value is -3.12. The number of H-pyrrole nitrogens is 1. The number of aliphatic hydroxyl groups excluding tert-OH is 1. The second-order valence-electron chi connectivity index (χ2n) is 7.36. The van der Waals surface area contributed by atoms with Gasteiger partial charge in [0.15, 0.2) is 23.7 Å². The smallest absolute Gasteiger partial charge is 0.395 e. The molecule has 2 unspecified atom stereocenters. The number of para-hydroxylation sites is 2. The molecule has 1 aromatic heterocycles. The van der Waals surface area contributed by atoms with Crippen molar-refractivity contribution < 1.29 is 38.3 Å². The highest BCUT2D eigenvalue weighted by molar-refractivity contribution is 7.34. The lowest BCUT2D eigenvalue weighted by molar-refractivity contribution is -0.169. The third kappa shape index (κ3) is 5.45. The number of aromatic nitrogens is 2. The summed E-state index contributed by atoms with van der Waals surface area (Å²) in [6.07, 6.45) is -3.40. The van der Waals surface area contributed by atoms with Gasteiger partial charge >= 0.3 is 19.8 Å². The molecule has 2 heterocycles. The van der Waals surface area contributed by atoms with Crippen molar-refractivity contribution in [3.63, 3.8) is 0 Å². The average molecular weight is 485 g/mol. The molecular weight excluding hydrogens is 464 g/mol. The lowest BCUT2D eigenvalue weighted by Crippen LogP contribution is -2.43. The van der Waals surface area contributed by atoms with Crippen LogP contribution < -0.4 is 25.4 Å². The Bertz CT molecular complexity index is 1170. The van der Waals surface area contributed by atoms with E-state index >= 15 is 4.39 Å².